The van der Waals surface area contributed by atoms with Gasteiger partial charge in [-0.05, 0) is 45.0 Å². The van der Waals surface area contributed by atoms with Gasteiger partial charge in [0.25, 0.3) is 5.56 Å². The summed E-state index contributed by atoms with van der Waals surface area (Å²) in [6.45, 7) is 4.31. The van der Waals surface area contributed by atoms with Crippen LogP contribution in [0.1, 0.15) is 38.1 Å². The Balaban J connectivity index is 1.98. The summed E-state index contributed by atoms with van der Waals surface area (Å²) in [5.74, 6) is 0.783. The highest BCUT2D eigenvalue weighted by atomic mass is 16.1. The summed E-state index contributed by atoms with van der Waals surface area (Å²) >= 11 is 0. The average Bonchev–Trinajstić information content (AvgIpc) is 2.47. The van der Waals surface area contributed by atoms with Gasteiger partial charge in [0.15, 0.2) is 0 Å². The Morgan fingerprint density at radius 2 is 1.95 bits per heavy atom. The summed E-state index contributed by atoms with van der Waals surface area (Å²) in [5.41, 5.74) is 0.745. The number of rotatable bonds is 2. The van der Waals surface area contributed by atoms with Gasteiger partial charge in [-0.15, -0.1) is 0 Å². The summed E-state index contributed by atoms with van der Waals surface area (Å²) < 4.78 is 0. The maximum atomic E-state index is 12.1. The van der Waals surface area contributed by atoms with Crippen LogP contribution in [0, 0.1) is 0 Å². The zero-order chi connectivity index (χ0) is 13.2. The quantitative estimate of drug-likeness (QED) is 0.899. The third-order valence-corrected chi connectivity index (χ3v) is 3.97. The molecule has 100 valence electrons. The van der Waals surface area contributed by atoms with Crippen LogP contribution in [-0.4, -0.2) is 28.0 Å². The number of aromatic amines is 1. The molecular weight excluding hydrogens is 238 g/mol. The standard InChI is InChI=1S/C15H19N3O/c1-11(18-9-5-2-6-10-18)14-16-13-8-4-3-7-12(13)15(19)17-14/h3-4,7-8,11H,2,5-6,9-10H2,1H3,(H,16,17,19)/t11-/m0/s1. The molecule has 0 amide bonds. The molecule has 19 heavy (non-hydrogen) atoms. The van der Waals surface area contributed by atoms with E-state index in [1.165, 1.54) is 19.3 Å². The minimum Gasteiger partial charge on any atom is -0.309 e. The van der Waals surface area contributed by atoms with Gasteiger partial charge in [-0.25, -0.2) is 4.98 Å². The van der Waals surface area contributed by atoms with Gasteiger partial charge in [-0.3, -0.25) is 9.69 Å². The van der Waals surface area contributed by atoms with Crippen LogP contribution < -0.4 is 5.56 Å². The zero-order valence-corrected chi connectivity index (χ0v) is 11.2. The molecule has 1 saturated heterocycles. The molecule has 1 aromatic carbocycles. The minimum atomic E-state index is -0.0375. The van der Waals surface area contributed by atoms with Crippen molar-refractivity contribution in [1.29, 1.82) is 0 Å². The van der Waals surface area contributed by atoms with Crippen LogP contribution in [0.25, 0.3) is 10.9 Å². The Kier molecular flexibility index (Phi) is 3.34. The predicted molar refractivity (Wildman–Crippen MR) is 76.2 cm³/mol. The summed E-state index contributed by atoms with van der Waals surface area (Å²) in [6, 6.07) is 7.68. The van der Waals surface area contributed by atoms with Crippen molar-refractivity contribution in [3.8, 4) is 0 Å². The molecule has 1 aliphatic heterocycles. The van der Waals surface area contributed by atoms with E-state index in [0.717, 1.165) is 24.4 Å². The number of nitrogens with one attached hydrogen (secondary N) is 1. The maximum absolute atomic E-state index is 12.1. The van der Waals surface area contributed by atoms with Crippen molar-refractivity contribution in [3.05, 3.63) is 40.4 Å². The van der Waals surface area contributed by atoms with Gasteiger partial charge in [0.05, 0.1) is 16.9 Å². The lowest BCUT2D eigenvalue weighted by Crippen LogP contribution is -2.34. The highest BCUT2D eigenvalue weighted by molar-refractivity contribution is 5.77. The van der Waals surface area contributed by atoms with Crippen LogP contribution in [0.15, 0.2) is 29.1 Å². The van der Waals surface area contributed by atoms with Gasteiger partial charge in [0.2, 0.25) is 0 Å². The Morgan fingerprint density at radius 1 is 1.21 bits per heavy atom. The monoisotopic (exact) mass is 257 g/mol. The van der Waals surface area contributed by atoms with Gasteiger partial charge in [-0.2, -0.15) is 0 Å². The van der Waals surface area contributed by atoms with E-state index in [1.807, 2.05) is 24.3 Å². The number of hydrogen-bond acceptors (Lipinski definition) is 3. The number of para-hydroxylation sites is 1. The molecule has 0 unspecified atom stereocenters. The second kappa shape index (κ2) is 5.13. The van der Waals surface area contributed by atoms with Gasteiger partial charge >= 0.3 is 0 Å². The number of hydrogen-bond donors (Lipinski definition) is 1. The van der Waals surface area contributed by atoms with Crippen LogP contribution in [0.2, 0.25) is 0 Å². The van der Waals surface area contributed by atoms with E-state index in [0.29, 0.717) is 5.39 Å². The van der Waals surface area contributed by atoms with Crippen LogP contribution in [0.3, 0.4) is 0 Å². The fraction of sp³-hybridized carbons (Fsp3) is 0.467. The molecule has 1 N–H and O–H groups in total. The number of benzene rings is 1. The van der Waals surface area contributed by atoms with Crippen molar-refractivity contribution in [2.75, 3.05) is 13.1 Å². The smallest absolute Gasteiger partial charge is 0.258 e. The second-order valence-corrected chi connectivity index (χ2v) is 5.24. The van der Waals surface area contributed by atoms with E-state index in [4.69, 9.17) is 0 Å². The van der Waals surface area contributed by atoms with Crippen LogP contribution in [0.4, 0.5) is 0 Å². The second-order valence-electron chi connectivity index (χ2n) is 5.24. The van der Waals surface area contributed by atoms with E-state index in [2.05, 4.69) is 21.8 Å². The van der Waals surface area contributed by atoms with E-state index < -0.39 is 0 Å². The lowest BCUT2D eigenvalue weighted by Gasteiger charge is -2.31. The molecule has 1 atom stereocenters. The van der Waals surface area contributed by atoms with Gasteiger partial charge < -0.3 is 4.98 Å². The number of aromatic nitrogens is 2. The largest absolute Gasteiger partial charge is 0.309 e. The van der Waals surface area contributed by atoms with Gasteiger partial charge in [0, 0.05) is 0 Å². The summed E-state index contributed by atoms with van der Waals surface area (Å²) in [4.78, 5) is 22.0. The van der Waals surface area contributed by atoms with E-state index in [-0.39, 0.29) is 11.6 Å². The Hall–Kier alpha value is -1.68. The van der Waals surface area contributed by atoms with Crippen molar-refractivity contribution >= 4 is 10.9 Å². The zero-order valence-electron chi connectivity index (χ0n) is 11.2. The molecule has 1 fully saturated rings. The average molecular weight is 257 g/mol. The Bertz CT molecular complexity index is 629. The van der Waals surface area contributed by atoms with Crippen molar-refractivity contribution in [3.63, 3.8) is 0 Å². The fourth-order valence-corrected chi connectivity index (χ4v) is 2.78. The van der Waals surface area contributed by atoms with Crippen molar-refractivity contribution in [2.24, 2.45) is 0 Å². The molecule has 3 rings (SSSR count). The summed E-state index contributed by atoms with van der Waals surface area (Å²) in [7, 11) is 0. The third kappa shape index (κ3) is 2.40. The normalized spacial score (nSPS) is 18.6. The first-order valence-electron chi connectivity index (χ1n) is 6.99. The lowest BCUT2D eigenvalue weighted by atomic mass is 10.1. The number of likely N-dealkylation sites (tertiary alicyclic amines) is 1. The van der Waals surface area contributed by atoms with Crippen molar-refractivity contribution < 1.29 is 0 Å². The van der Waals surface area contributed by atoms with Crippen LogP contribution >= 0.6 is 0 Å². The molecule has 4 nitrogen and oxygen atoms in total. The first kappa shape index (κ1) is 12.4. The molecular formula is C15H19N3O. The van der Waals surface area contributed by atoms with E-state index >= 15 is 0 Å². The molecule has 2 aromatic rings. The number of nitrogens with zero attached hydrogens (tertiary/aromatic N) is 2. The maximum Gasteiger partial charge on any atom is 0.258 e. The molecule has 0 radical (unpaired) electrons. The number of fused-ring (bicyclic) bond motifs is 1. The van der Waals surface area contributed by atoms with E-state index in [9.17, 15) is 4.79 Å². The molecule has 0 spiro atoms. The van der Waals surface area contributed by atoms with Gasteiger partial charge in [-0.1, -0.05) is 18.6 Å². The highest BCUT2D eigenvalue weighted by Gasteiger charge is 2.20. The molecule has 0 saturated carbocycles. The number of piperidine rings is 1. The summed E-state index contributed by atoms with van der Waals surface area (Å²) in [6.07, 6.45) is 3.79. The molecule has 0 bridgehead atoms. The number of H-pyrrole nitrogens is 1. The highest BCUT2D eigenvalue weighted by Crippen LogP contribution is 2.21. The SMILES string of the molecule is C[C@@H](c1nc2ccccc2c(=O)[nH]1)N1CCCCC1. The van der Waals surface area contributed by atoms with Crippen molar-refractivity contribution in [1.82, 2.24) is 14.9 Å². The Labute approximate surface area is 112 Å². The molecule has 1 aromatic heterocycles. The lowest BCUT2D eigenvalue weighted by molar-refractivity contribution is 0.169. The Morgan fingerprint density at radius 3 is 2.74 bits per heavy atom. The molecule has 4 heteroatoms. The van der Waals surface area contributed by atoms with Crippen LogP contribution in [-0.2, 0) is 0 Å². The molecule has 0 aliphatic carbocycles. The summed E-state index contributed by atoms with van der Waals surface area (Å²) in [5, 5.41) is 0.664. The molecule has 1 aliphatic rings. The van der Waals surface area contributed by atoms with Crippen molar-refractivity contribution in [2.45, 2.75) is 32.2 Å². The minimum absolute atomic E-state index is 0.0375. The molecule has 2 heterocycles. The first-order chi connectivity index (χ1) is 9.25. The van der Waals surface area contributed by atoms with Gasteiger partial charge in [0.1, 0.15) is 5.82 Å². The fourth-order valence-electron chi connectivity index (χ4n) is 2.78. The van der Waals surface area contributed by atoms with Crippen LogP contribution in [0.5, 0.6) is 0 Å². The first-order valence-corrected chi connectivity index (χ1v) is 6.99. The third-order valence-electron chi connectivity index (χ3n) is 3.97. The van der Waals surface area contributed by atoms with E-state index in [1.54, 1.807) is 0 Å². The topological polar surface area (TPSA) is 49.0 Å². The predicted octanol–water partition coefficient (Wildman–Crippen LogP) is 2.47.